The normalized spacial score (nSPS) is 17.1. The molecule has 1 aliphatic rings. The van der Waals surface area contributed by atoms with Gasteiger partial charge in [-0.2, -0.15) is 0 Å². The van der Waals surface area contributed by atoms with Crippen LogP contribution >= 0.6 is 0 Å². The summed E-state index contributed by atoms with van der Waals surface area (Å²) in [5.41, 5.74) is 1.38. The van der Waals surface area contributed by atoms with Gasteiger partial charge in [-0.05, 0) is 23.8 Å². The van der Waals surface area contributed by atoms with Gasteiger partial charge >= 0.3 is 0 Å². The molecule has 22 heavy (non-hydrogen) atoms. The average molecular weight is 317 g/mol. The van der Waals surface area contributed by atoms with E-state index in [1.54, 1.807) is 18.2 Å². The minimum atomic E-state index is -3.85. The monoisotopic (exact) mass is 317 g/mol. The first kappa shape index (κ1) is 14.5. The number of fused-ring (bicyclic) bond motifs is 1. The molecule has 2 heterocycles. The zero-order chi connectivity index (χ0) is 15.7. The lowest BCUT2D eigenvalue weighted by molar-refractivity contribution is -0.121. The molecule has 1 aliphatic heterocycles. The molecule has 0 radical (unpaired) electrons. The van der Waals surface area contributed by atoms with Crippen molar-refractivity contribution < 1.29 is 13.2 Å². The van der Waals surface area contributed by atoms with Crippen molar-refractivity contribution >= 4 is 21.6 Å². The Labute approximate surface area is 128 Å². The van der Waals surface area contributed by atoms with Gasteiger partial charge in [0.1, 0.15) is 10.9 Å². The summed E-state index contributed by atoms with van der Waals surface area (Å²) in [6, 6.07) is 9.40. The molecule has 1 amide bonds. The first-order valence-electron chi connectivity index (χ1n) is 6.79. The van der Waals surface area contributed by atoms with Crippen LogP contribution in [0.2, 0.25) is 0 Å². The van der Waals surface area contributed by atoms with Gasteiger partial charge in [0.05, 0.1) is 5.69 Å². The van der Waals surface area contributed by atoms with E-state index >= 15 is 0 Å². The highest BCUT2D eigenvalue weighted by Gasteiger charge is 2.41. The van der Waals surface area contributed by atoms with Crippen LogP contribution in [-0.4, -0.2) is 32.4 Å². The van der Waals surface area contributed by atoms with E-state index < -0.39 is 16.1 Å². The standard InChI is InChI=1S/C15H15N3O3S/c1-16-15(19)14-9-11-5-2-3-7-13(11)18(14)22(20,21)12-6-4-8-17-10-12/h2-8,10,14H,9H2,1H3,(H,16,19). The first-order valence-corrected chi connectivity index (χ1v) is 8.23. The minimum absolute atomic E-state index is 0.0700. The number of nitrogens with one attached hydrogen (secondary N) is 1. The smallest absolute Gasteiger partial charge is 0.266 e. The number of carbonyl (C=O) groups excluding carboxylic acids is 1. The van der Waals surface area contributed by atoms with Crippen LogP contribution in [0.5, 0.6) is 0 Å². The number of likely N-dealkylation sites (N-methyl/N-ethyl adjacent to an activating group) is 1. The Balaban J connectivity index is 2.15. The molecule has 0 saturated carbocycles. The van der Waals surface area contributed by atoms with Gasteiger partial charge in [-0.1, -0.05) is 18.2 Å². The van der Waals surface area contributed by atoms with Gasteiger partial charge in [-0.25, -0.2) is 8.42 Å². The van der Waals surface area contributed by atoms with Crippen molar-refractivity contribution in [2.24, 2.45) is 0 Å². The predicted octanol–water partition coefficient (Wildman–Crippen LogP) is 0.948. The largest absolute Gasteiger partial charge is 0.357 e. The van der Waals surface area contributed by atoms with Gasteiger partial charge in [0.2, 0.25) is 5.91 Å². The number of benzene rings is 1. The first-order chi connectivity index (χ1) is 10.6. The highest BCUT2D eigenvalue weighted by atomic mass is 32.2. The lowest BCUT2D eigenvalue weighted by Gasteiger charge is -2.25. The summed E-state index contributed by atoms with van der Waals surface area (Å²) in [5, 5.41) is 2.53. The van der Waals surface area contributed by atoms with Crippen LogP contribution in [0.25, 0.3) is 0 Å². The fourth-order valence-electron chi connectivity index (χ4n) is 2.63. The topological polar surface area (TPSA) is 79.4 Å². The number of hydrogen-bond acceptors (Lipinski definition) is 4. The molecular weight excluding hydrogens is 302 g/mol. The predicted molar refractivity (Wildman–Crippen MR) is 81.9 cm³/mol. The van der Waals surface area contributed by atoms with Gasteiger partial charge in [-0.15, -0.1) is 0 Å². The second kappa shape index (κ2) is 5.42. The zero-order valence-electron chi connectivity index (χ0n) is 11.9. The summed E-state index contributed by atoms with van der Waals surface area (Å²) >= 11 is 0. The number of carbonyl (C=O) groups is 1. The summed E-state index contributed by atoms with van der Waals surface area (Å²) in [6.07, 6.45) is 3.15. The lowest BCUT2D eigenvalue weighted by Crippen LogP contribution is -2.47. The van der Waals surface area contributed by atoms with Gasteiger partial charge in [0, 0.05) is 25.9 Å². The quantitative estimate of drug-likeness (QED) is 0.914. The number of amides is 1. The molecule has 1 aromatic carbocycles. The molecule has 0 bridgehead atoms. The minimum Gasteiger partial charge on any atom is -0.357 e. The number of pyridine rings is 1. The van der Waals surface area contributed by atoms with E-state index in [1.807, 2.05) is 12.1 Å². The number of para-hydroxylation sites is 1. The van der Waals surface area contributed by atoms with Crippen LogP contribution in [0.3, 0.4) is 0 Å². The van der Waals surface area contributed by atoms with Crippen molar-refractivity contribution in [3.8, 4) is 0 Å². The van der Waals surface area contributed by atoms with Crippen LogP contribution in [0.15, 0.2) is 53.7 Å². The summed E-state index contributed by atoms with van der Waals surface area (Å²) < 4.78 is 27.1. The van der Waals surface area contributed by atoms with Crippen LogP contribution < -0.4 is 9.62 Å². The van der Waals surface area contributed by atoms with Crippen molar-refractivity contribution in [3.05, 3.63) is 54.4 Å². The average Bonchev–Trinajstić information content (AvgIpc) is 2.95. The van der Waals surface area contributed by atoms with Gasteiger partial charge in [-0.3, -0.25) is 14.1 Å². The van der Waals surface area contributed by atoms with Crippen LogP contribution in [0.1, 0.15) is 5.56 Å². The molecule has 0 fully saturated rings. The van der Waals surface area contributed by atoms with Gasteiger partial charge in [0.15, 0.2) is 0 Å². The maximum Gasteiger partial charge on any atom is 0.266 e. The van der Waals surface area contributed by atoms with Crippen LogP contribution in [-0.2, 0) is 21.2 Å². The van der Waals surface area contributed by atoms with E-state index in [9.17, 15) is 13.2 Å². The Morgan fingerprint density at radius 2 is 2.05 bits per heavy atom. The summed E-state index contributed by atoms with van der Waals surface area (Å²) in [5.74, 6) is -0.330. The van der Waals surface area contributed by atoms with Crippen molar-refractivity contribution in [1.82, 2.24) is 10.3 Å². The van der Waals surface area contributed by atoms with E-state index in [1.165, 1.54) is 29.8 Å². The molecule has 0 spiro atoms. The number of hydrogen-bond donors (Lipinski definition) is 1. The third-order valence-electron chi connectivity index (χ3n) is 3.67. The molecule has 0 saturated heterocycles. The molecule has 1 N–H and O–H groups in total. The van der Waals surface area contributed by atoms with Crippen molar-refractivity contribution in [1.29, 1.82) is 0 Å². The third kappa shape index (κ3) is 2.23. The second-order valence-electron chi connectivity index (χ2n) is 4.95. The fraction of sp³-hybridized carbons (Fsp3) is 0.200. The molecule has 2 aromatic rings. The van der Waals surface area contributed by atoms with Crippen molar-refractivity contribution in [2.75, 3.05) is 11.4 Å². The molecule has 1 unspecified atom stereocenters. The molecule has 7 heteroatoms. The van der Waals surface area contributed by atoms with Gasteiger partial charge in [0.25, 0.3) is 10.0 Å². The molecule has 3 rings (SSSR count). The summed E-state index contributed by atoms with van der Waals surface area (Å²) in [4.78, 5) is 16.1. The van der Waals surface area contributed by atoms with E-state index in [-0.39, 0.29) is 10.8 Å². The SMILES string of the molecule is CNC(=O)C1Cc2ccccc2N1S(=O)(=O)c1cccnc1. The number of aromatic nitrogens is 1. The Kier molecular flexibility index (Phi) is 3.58. The van der Waals surface area contributed by atoms with E-state index in [0.29, 0.717) is 12.1 Å². The maximum atomic E-state index is 12.9. The third-order valence-corrected chi connectivity index (χ3v) is 5.47. The molecule has 6 nitrogen and oxygen atoms in total. The molecular formula is C15H15N3O3S. The second-order valence-corrected chi connectivity index (χ2v) is 6.77. The van der Waals surface area contributed by atoms with E-state index in [4.69, 9.17) is 0 Å². The van der Waals surface area contributed by atoms with Crippen LogP contribution in [0.4, 0.5) is 5.69 Å². The number of sulfonamides is 1. The van der Waals surface area contributed by atoms with Crippen molar-refractivity contribution in [3.63, 3.8) is 0 Å². The van der Waals surface area contributed by atoms with Crippen molar-refractivity contribution in [2.45, 2.75) is 17.4 Å². The van der Waals surface area contributed by atoms with Crippen LogP contribution in [0, 0.1) is 0 Å². The Hall–Kier alpha value is -2.41. The molecule has 1 aromatic heterocycles. The lowest BCUT2D eigenvalue weighted by atomic mass is 10.1. The molecule has 0 aliphatic carbocycles. The highest BCUT2D eigenvalue weighted by Crippen LogP contribution is 2.36. The Morgan fingerprint density at radius 1 is 1.27 bits per heavy atom. The fourth-order valence-corrected chi connectivity index (χ4v) is 4.25. The van der Waals surface area contributed by atoms with E-state index in [2.05, 4.69) is 10.3 Å². The zero-order valence-corrected chi connectivity index (χ0v) is 12.7. The van der Waals surface area contributed by atoms with E-state index in [0.717, 1.165) is 5.56 Å². The Bertz CT molecular complexity index is 806. The number of rotatable bonds is 3. The number of anilines is 1. The molecule has 1 atom stereocenters. The summed E-state index contributed by atoms with van der Waals surface area (Å²) in [6.45, 7) is 0. The highest BCUT2D eigenvalue weighted by molar-refractivity contribution is 7.93. The maximum absolute atomic E-state index is 12.9. The van der Waals surface area contributed by atoms with Gasteiger partial charge < -0.3 is 5.32 Å². The summed E-state index contributed by atoms with van der Waals surface area (Å²) in [7, 11) is -2.35. The Morgan fingerprint density at radius 3 is 2.73 bits per heavy atom. The number of nitrogens with zero attached hydrogens (tertiary/aromatic N) is 2. The molecule has 114 valence electrons.